The fraction of sp³-hybridized carbons (Fsp3) is 0.400. The molecule has 0 N–H and O–H groups in total. The molecule has 0 atom stereocenters. The van der Waals surface area contributed by atoms with E-state index in [1.807, 2.05) is 13.8 Å². The van der Waals surface area contributed by atoms with Crippen LogP contribution in [-0.2, 0) is 0 Å². The molecule has 0 bridgehead atoms. The van der Waals surface area contributed by atoms with Crippen molar-refractivity contribution >= 4 is 23.4 Å². The van der Waals surface area contributed by atoms with E-state index in [-0.39, 0.29) is 27.6 Å². The Balaban J connectivity index is 3.14. The topological polar surface area (TPSA) is 0 Å². The van der Waals surface area contributed by atoms with Crippen molar-refractivity contribution in [3.63, 3.8) is 0 Å². The number of benzene rings is 1. The molecular formula is C10H9ClF3S. The van der Waals surface area contributed by atoms with Gasteiger partial charge in [-0.25, -0.2) is 0 Å². The molecule has 1 rings (SSSR count). The zero-order valence-corrected chi connectivity index (χ0v) is 9.72. The molecule has 0 saturated heterocycles. The monoisotopic (exact) mass is 253 g/mol. The van der Waals surface area contributed by atoms with Crippen LogP contribution >= 0.6 is 23.4 Å². The van der Waals surface area contributed by atoms with Crippen molar-refractivity contribution in [2.75, 3.05) is 0 Å². The van der Waals surface area contributed by atoms with Gasteiger partial charge < -0.3 is 0 Å². The van der Waals surface area contributed by atoms with Crippen molar-refractivity contribution < 1.29 is 13.2 Å². The van der Waals surface area contributed by atoms with Crippen LogP contribution < -0.4 is 0 Å². The van der Waals surface area contributed by atoms with Gasteiger partial charge in [0.1, 0.15) is 0 Å². The highest BCUT2D eigenvalue weighted by atomic mass is 35.5. The Kier molecular flexibility index (Phi) is 3.95. The van der Waals surface area contributed by atoms with Gasteiger partial charge in [-0.2, -0.15) is 13.2 Å². The molecular weight excluding hydrogens is 245 g/mol. The van der Waals surface area contributed by atoms with E-state index < -0.39 is 5.51 Å². The predicted molar refractivity (Wildman–Crippen MR) is 56.3 cm³/mol. The molecule has 83 valence electrons. The average molecular weight is 254 g/mol. The van der Waals surface area contributed by atoms with E-state index in [9.17, 15) is 13.2 Å². The highest BCUT2D eigenvalue weighted by molar-refractivity contribution is 8.00. The fourth-order valence-corrected chi connectivity index (χ4v) is 2.24. The number of rotatable bonds is 2. The summed E-state index contributed by atoms with van der Waals surface area (Å²) in [5.74, 6) is 0.00181. The van der Waals surface area contributed by atoms with Crippen LogP contribution in [0.2, 0.25) is 5.02 Å². The Morgan fingerprint density at radius 1 is 1.40 bits per heavy atom. The Labute approximate surface area is 95.8 Å². The van der Waals surface area contributed by atoms with Gasteiger partial charge in [0.25, 0.3) is 0 Å². The summed E-state index contributed by atoms with van der Waals surface area (Å²) in [4.78, 5) is 0.0571. The molecule has 0 spiro atoms. The minimum atomic E-state index is -4.32. The van der Waals surface area contributed by atoms with Gasteiger partial charge >= 0.3 is 5.51 Å². The zero-order valence-electron chi connectivity index (χ0n) is 8.15. The minimum absolute atomic E-state index is 0.00181. The van der Waals surface area contributed by atoms with E-state index in [1.165, 1.54) is 6.07 Å². The molecule has 0 aliphatic rings. The lowest BCUT2D eigenvalue weighted by Gasteiger charge is -2.14. The summed E-state index contributed by atoms with van der Waals surface area (Å²) < 4.78 is 36.8. The summed E-state index contributed by atoms with van der Waals surface area (Å²) in [5.41, 5.74) is -3.72. The third-order valence-corrected chi connectivity index (χ3v) is 3.06. The van der Waals surface area contributed by atoms with Gasteiger partial charge in [-0.15, -0.1) is 0 Å². The van der Waals surface area contributed by atoms with Crippen molar-refractivity contribution in [3.05, 3.63) is 28.8 Å². The molecule has 0 aromatic heterocycles. The van der Waals surface area contributed by atoms with Crippen LogP contribution in [0, 0.1) is 6.07 Å². The molecule has 0 fully saturated rings. The molecule has 1 aromatic rings. The third kappa shape index (κ3) is 3.61. The summed E-state index contributed by atoms with van der Waals surface area (Å²) in [5, 5.41) is 0.0310. The molecule has 0 unspecified atom stereocenters. The van der Waals surface area contributed by atoms with E-state index in [4.69, 9.17) is 11.6 Å². The van der Waals surface area contributed by atoms with Gasteiger partial charge in [0, 0.05) is 11.0 Å². The lowest BCUT2D eigenvalue weighted by atomic mass is 10.0. The van der Waals surface area contributed by atoms with Crippen LogP contribution in [0.15, 0.2) is 17.0 Å². The lowest BCUT2D eigenvalue weighted by molar-refractivity contribution is -0.0328. The van der Waals surface area contributed by atoms with E-state index in [0.717, 1.165) is 0 Å². The Hall–Kier alpha value is -0.350. The van der Waals surface area contributed by atoms with E-state index >= 15 is 0 Å². The van der Waals surface area contributed by atoms with Crippen molar-refractivity contribution in [3.8, 4) is 0 Å². The summed E-state index contributed by atoms with van der Waals surface area (Å²) in [6, 6.07) is 5.72. The van der Waals surface area contributed by atoms with Crippen LogP contribution in [0.25, 0.3) is 0 Å². The van der Waals surface area contributed by atoms with Crippen LogP contribution in [0.3, 0.4) is 0 Å². The molecule has 0 aliphatic heterocycles. The van der Waals surface area contributed by atoms with Crippen LogP contribution in [0.1, 0.15) is 25.3 Å². The molecule has 0 saturated carbocycles. The minimum Gasteiger partial charge on any atom is -0.160 e. The maximum absolute atomic E-state index is 12.3. The molecule has 1 radical (unpaired) electrons. The third-order valence-electron chi connectivity index (χ3n) is 1.77. The second-order valence-electron chi connectivity index (χ2n) is 3.28. The van der Waals surface area contributed by atoms with Gasteiger partial charge in [0.05, 0.1) is 5.02 Å². The van der Waals surface area contributed by atoms with Gasteiger partial charge in [-0.05, 0) is 23.2 Å². The lowest BCUT2D eigenvalue weighted by Crippen LogP contribution is -2.02. The number of hydrogen-bond acceptors (Lipinski definition) is 1. The highest BCUT2D eigenvalue weighted by Gasteiger charge is 2.31. The van der Waals surface area contributed by atoms with Gasteiger partial charge in [-0.1, -0.05) is 37.6 Å². The standard InChI is InChI=1S/C10H9ClF3S/c1-6(2)7-4-3-5-8(11)9(7)15-10(12,13)14/h3-4,6H,1-2H3. The molecule has 0 amide bonds. The largest absolute Gasteiger partial charge is 0.446 e. The number of alkyl halides is 3. The van der Waals surface area contributed by atoms with Crippen molar-refractivity contribution in [1.82, 2.24) is 0 Å². The van der Waals surface area contributed by atoms with Gasteiger partial charge in [0.15, 0.2) is 0 Å². The molecule has 5 heteroatoms. The molecule has 1 aromatic carbocycles. The first-order valence-electron chi connectivity index (χ1n) is 4.27. The molecule has 15 heavy (non-hydrogen) atoms. The van der Waals surface area contributed by atoms with E-state index in [0.29, 0.717) is 5.56 Å². The highest BCUT2D eigenvalue weighted by Crippen LogP contribution is 2.43. The second kappa shape index (κ2) is 4.66. The summed E-state index contributed by atoms with van der Waals surface area (Å²) in [6.07, 6.45) is 0. The summed E-state index contributed by atoms with van der Waals surface area (Å²) >= 11 is 5.52. The maximum atomic E-state index is 12.3. The number of hydrogen-bond donors (Lipinski definition) is 0. The van der Waals surface area contributed by atoms with Crippen molar-refractivity contribution in [2.24, 2.45) is 0 Å². The Morgan fingerprint density at radius 2 is 2.00 bits per heavy atom. The van der Waals surface area contributed by atoms with Crippen molar-refractivity contribution in [2.45, 2.75) is 30.2 Å². The van der Waals surface area contributed by atoms with E-state index in [2.05, 4.69) is 6.07 Å². The van der Waals surface area contributed by atoms with Gasteiger partial charge in [0.2, 0.25) is 0 Å². The number of thioether (sulfide) groups is 1. The molecule has 0 aliphatic carbocycles. The second-order valence-corrected chi connectivity index (χ2v) is 4.73. The van der Waals surface area contributed by atoms with Gasteiger partial charge in [-0.3, -0.25) is 0 Å². The molecule has 0 nitrogen and oxygen atoms in total. The summed E-state index contributed by atoms with van der Waals surface area (Å²) in [7, 11) is 0. The first-order valence-corrected chi connectivity index (χ1v) is 5.46. The Bertz CT molecular complexity index is 347. The van der Waals surface area contributed by atoms with Crippen molar-refractivity contribution in [1.29, 1.82) is 0 Å². The normalized spacial score (nSPS) is 12.2. The maximum Gasteiger partial charge on any atom is 0.446 e. The first-order chi connectivity index (χ1) is 6.81. The zero-order chi connectivity index (χ0) is 11.6. The first kappa shape index (κ1) is 12.7. The van der Waals surface area contributed by atoms with E-state index in [1.54, 1.807) is 6.07 Å². The molecule has 0 heterocycles. The predicted octanol–water partition coefficient (Wildman–Crippen LogP) is 4.88. The van der Waals surface area contributed by atoms with Crippen LogP contribution in [0.4, 0.5) is 13.2 Å². The summed E-state index contributed by atoms with van der Waals surface area (Å²) in [6.45, 7) is 3.65. The quantitative estimate of drug-likeness (QED) is 0.677. The number of halogens is 4. The smallest absolute Gasteiger partial charge is 0.160 e. The van der Waals surface area contributed by atoms with Crippen LogP contribution in [-0.4, -0.2) is 5.51 Å². The fourth-order valence-electron chi connectivity index (χ4n) is 1.15. The Morgan fingerprint density at radius 3 is 2.47 bits per heavy atom. The average Bonchev–Trinajstić information content (AvgIpc) is 2.05. The SMILES string of the molecule is CC(C)c1cc[c]c(Cl)c1SC(F)(F)F. The van der Waals surface area contributed by atoms with Crippen LogP contribution in [0.5, 0.6) is 0 Å².